The van der Waals surface area contributed by atoms with Crippen molar-refractivity contribution in [2.45, 2.75) is 18.9 Å². The first kappa shape index (κ1) is 13.9. The molecule has 1 rings (SSSR count). The first-order valence-electron chi connectivity index (χ1n) is 5.24. The maximum absolute atomic E-state index is 11.5. The monoisotopic (exact) mass is 263 g/mol. The number of amides is 2. The highest BCUT2D eigenvalue weighted by Gasteiger charge is 2.39. The van der Waals surface area contributed by atoms with Gasteiger partial charge >= 0.3 is 0 Å². The van der Waals surface area contributed by atoms with E-state index in [1.54, 1.807) is 6.92 Å². The molecule has 0 aromatic rings. The van der Waals surface area contributed by atoms with E-state index in [0.717, 1.165) is 0 Å². The van der Waals surface area contributed by atoms with Crippen molar-refractivity contribution in [1.29, 1.82) is 0 Å². The zero-order valence-corrected chi connectivity index (χ0v) is 10.5. The smallest absolute Gasteiger partial charge is 0.239 e. The molecule has 0 aromatic heterocycles. The largest absolute Gasteiger partial charge is 0.348 e. The molecule has 4 N–H and O–H groups in total. The third kappa shape index (κ3) is 4.31. The van der Waals surface area contributed by atoms with Crippen LogP contribution in [-0.4, -0.2) is 50.4 Å². The number of carbonyl (C=O) groups is 2. The minimum atomic E-state index is -3.06. The predicted octanol–water partition coefficient (Wildman–Crippen LogP) is -2.25. The van der Waals surface area contributed by atoms with Crippen LogP contribution in [-0.2, 0) is 19.4 Å². The molecule has 1 atom stereocenters. The van der Waals surface area contributed by atoms with E-state index in [-0.39, 0.29) is 24.6 Å². The Bertz CT molecular complexity index is 420. The molecule has 1 aliphatic rings. The molecule has 0 radical (unpaired) electrons. The van der Waals surface area contributed by atoms with E-state index < -0.39 is 27.2 Å². The molecule has 1 unspecified atom stereocenters. The van der Waals surface area contributed by atoms with Crippen molar-refractivity contribution in [3.8, 4) is 0 Å². The molecule has 0 saturated carbocycles. The molecule has 0 spiro atoms. The second-order valence-electron chi connectivity index (χ2n) is 4.43. The fourth-order valence-corrected chi connectivity index (χ4v) is 3.83. The summed E-state index contributed by atoms with van der Waals surface area (Å²) in [4.78, 5) is 22.3. The van der Waals surface area contributed by atoms with Gasteiger partial charge in [-0.05, 0) is 13.3 Å². The second kappa shape index (κ2) is 5.01. The Labute approximate surface area is 100 Å². The molecule has 0 aromatic carbocycles. The third-order valence-electron chi connectivity index (χ3n) is 2.58. The van der Waals surface area contributed by atoms with Gasteiger partial charge in [0.1, 0.15) is 0 Å². The van der Waals surface area contributed by atoms with E-state index >= 15 is 0 Å². The van der Waals surface area contributed by atoms with E-state index in [1.807, 2.05) is 0 Å². The minimum Gasteiger partial charge on any atom is -0.348 e. The maximum Gasteiger partial charge on any atom is 0.239 e. The molecule has 8 heteroatoms. The Morgan fingerprint density at radius 1 is 1.35 bits per heavy atom. The first-order valence-corrected chi connectivity index (χ1v) is 7.07. The fourth-order valence-electron chi connectivity index (χ4n) is 1.74. The number of hydrogen-bond acceptors (Lipinski definition) is 5. The molecule has 0 aliphatic carbocycles. The molecule has 0 bridgehead atoms. The van der Waals surface area contributed by atoms with Crippen LogP contribution in [0.3, 0.4) is 0 Å². The van der Waals surface area contributed by atoms with Crippen molar-refractivity contribution in [1.82, 2.24) is 10.6 Å². The van der Waals surface area contributed by atoms with Gasteiger partial charge in [-0.25, -0.2) is 8.42 Å². The van der Waals surface area contributed by atoms with Gasteiger partial charge < -0.3 is 16.4 Å². The van der Waals surface area contributed by atoms with Gasteiger partial charge in [-0.2, -0.15) is 0 Å². The van der Waals surface area contributed by atoms with Gasteiger partial charge in [-0.1, -0.05) is 0 Å². The molecular formula is C9H17N3O4S. The Morgan fingerprint density at radius 2 is 2.00 bits per heavy atom. The van der Waals surface area contributed by atoms with Crippen molar-refractivity contribution in [3.05, 3.63) is 0 Å². The van der Waals surface area contributed by atoms with Crippen LogP contribution in [0.5, 0.6) is 0 Å². The van der Waals surface area contributed by atoms with Crippen molar-refractivity contribution >= 4 is 21.7 Å². The molecule has 1 saturated heterocycles. The van der Waals surface area contributed by atoms with Crippen LogP contribution in [0, 0.1) is 0 Å². The average molecular weight is 263 g/mol. The highest BCUT2D eigenvalue weighted by atomic mass is 32.2. The molecule has 1 heterocycles. The molecule has 1 fully saturated rings. The van der Waals surface area contributed by atoms with E-state index in [4.69, 9.17) is 5.73 Å². The molecule has 98 valence electrons. The SMILES string of the molecule is CC1(NC(=O)CNC(=O)CN)CCS(=O)(=O)C1. The standard InChI is InChI=1S/C9H17N3O4S/c1-9(2-3-17(15,16)6-9)12-8(14)5-11-7(13)4-10/h2-6,10H2,1H3,(H,11,13)(H,12,14). The quantitative estimate of drug-likeness (QED) is 0.529. The lowest BCUT2D eigenvalue weighted by molar-refractivity contribution is -0.126. The number of carbonyl (C=O) groups excluding carboxylic acids is 2. The molecule has 2 amide bonds. The number of nitrogens with two attached hydrogens (primary N) is 1. The van der Waals surface area contributed by atoms with E-state index in [9.17, 15) is 18.0 Å². The number of nitrogens with one attached hydrogen (secondary N) is 2. The van der Waals surface area contributed by atoms with Crippen molar-refractivity contribution in [2.75, 3.05) is 24.6 Å². The van der Waals surface area contributed by atoms with Gasteiger partial charge in [0, 0.05) is 0 Å². The topological polar surface area (TPSA) is 118 Å². The lowest BCUT2D eigenvalue weighted by Crippen LogP contribution is -2.50. The molecule has 7 nitrogen and oxygen atoms in total. The van der Waals surface area contributed by atoms with Gasteiger partial charge in [0.05, 0.1) is 30.1 Å². The lowest BCUT2D eigenvalue weighted by atomic mass is 10.0. The third-order valence-corrected chi connectivity index (χ3v) is 4.48. The van der Waals surface area contributed by atoms with E-state index in [1.165, 1.54) is 0 Å². The van der Waals surface area contributed by atoms with E-state index in [0.29, 0.717) is 6.42 Å². The summed E-state index contributed by atoms with van der Waals surface area (Å²) in [5.41, 5.74) is 4.33. The van der Waals surface area contributed by atoms with Gasteiger partial charge in [0.15, 0.2) is 9.84 Å². The summed E-state index contributed by atoms with van der Waals surface area (Å²) >= 11 is 0. The molecule has 1 aliphatic heterocycles. The van der Waals surface area contributed by atoms with Gasteiger partial charge in [-0.3, -0.25) is 9.59 Å². The normalized spacial score (nSPS) is 26.5. The van der Waals surface area contributed by atoms with Crippen LogP contribution >= 0.6 is 0 Å². The summed E-state index contributed by atoms with van der Waals surface area (Å²) < 4.78 is 22.6. The predicted molar refractivity (Wildman–Crippen MR) is 61.9 cm³/mol. The molecule has 17 heavy (non-hydrogen) atoms. The second-order valence-corrected chi connectivity index (χ2v) is 6.62. The zero-order chi connectivity index (χ0) is 13.1. The van der Waals surface area contributed by atoms with Crippen LogP contribution in [0.4, 0.5) is 0 Å². The summed E-state index contributed by atoms with van der Waals surface area (Å²) in [7, 11) is -3.06. The number of hydrogen-bond donors (Lipinski definition) is 3. The Hall–Kier alpha value is -1.15. The Kier molecular flexibility index (Phi) is 4.10. The lowest BCUT2D eigenvalue weighted by Gasteiger charge is -2.23. The maximum atomic E-state index is 11.5. The number of sulfone groups is 1. The fraction of sp³-hybridized carbons (Fsp3) is 0.778. The Morgan fingerprint density at radius 3 is 2.47 bits per heavy atom. The van der Waals surface area contributed by atoms with Gasteiger partial charge in [0.2, 0.25) is 11.8 Å². The highest BCUT2D eigenvalue weighted by molar-refractivity contribution is 7.91. The van der Waals surface area contributed by atoms with Crippen molar-refractivity contribution in [2.24, 2.45) is 5.73 Å². The summed E-state index contributed by atoms with van der Waals surface area (Å²) in [6.45, 7) is 1.31. The van der Waals surface area contributed by atoms with Crippen LogP contribution in [0.25, 0.3) is 0 Å². The van der Waals surface area contributed by atoms with Crippen LogP contribution < -0.4 is 16.4 Å². The Balaban J connectivity index is 2.44. The average Bonchev–Trinajstić information content (AvgIpc) is 2.49. The summed E-state index contributed by atoms with van der Waals surface area (Å²) in [5.74, 6) is -0.814. The van der Waals surface area contributed by atoms with Crippen molar-refractivity contribution in [3.63, 3.8) is 0 Å². The summed E-state index contributed by atoms with van der Waals surface area (Å²) in [6, 6.07) is 0. The number of rotatable bonds is 4. The van der Waals surface area contributed by atoms with Crippen molar-refractivity contribution < 1.29 is 18.0 Å². The zero-order valence-electron chi connectivity index (χ0n) is 9.65. The summed E-state index contributed by atoms with van der Waals surface area (Å²) in [5, 5.41) is 4.94. The minimum absolute atomic E-state index is 0.0590. The van der Waals surface area contributed by atoms with Crippen LogP contribution in [0.1, 0.15) is 13.3 Å². The summed E-state index contributed by atoms with van der Waals surface area (Å²) in [6.07, 6.45) is 0.395. The molecular weight excluding hydrogens is 246 g/mol. The van der Waals surface area contributed by atoms with Crippen LogP contribution in [0.2, 0.25) is 0 Å². The highest BCUT2D eigenvalue weighted by Crippen LogP contribution is 2.22. The van der Waals surface area contributed by atoms with E-state index in [2.05, 4.69) is 10.6 Å². The first-order chi connectivity index (χ1) is 7.76. The van der Waals surface area contributed by atoms with Gasteiger partial charge in [0.25, 0.3) is 0 Å². The van der Waals surface area contributed by atoms with Crippen LogP contribution in [0.15, 0.2) is 0 Å². The van der Waals surface area contributed by atoms with Gasteiger partial charge in [-0.15, -0.1) is 0 Å².